The molecule has 0 bridgehead atoms. The first-order valence-corrected chi connectivity index (χ1v) is 10.7. The summed E-state index contributed by atoms with van der Waals surface area (Å²) in [6, 6.07) is 3.43. The second kappa shape index (κ2) is 8.97. The standard InChI is InChI=1S/C22H28FN7O/c1-14(2)11-25-7-5-18-16(10-15(23)12-26-18)19-4-3-8-29(19)20-6-9-30-22(28-20)17(13-27-30)21(24)31/h6,9-10,12-14,19,25H,3-5,7-8,11H2,1-2H3,(H2,24,31)/t19-/m1/s1. The van der Waals surface area contributed by atoms with Crippen LogP contribution in [-0.2, 0) is 6.42 Å². The normalized spacial score (nSPS) is 16.5. The first-order chi connectivity index (χ1) is 14.9. The molecule has 9 heteroatoms. The van der Waals surface area contributed by atoms with Gasteiger partial charge in [0.15, 0.2) is 5.65 Å². The van der Waals surface area contributed by atoms with Crippen LogP contribution in [0.4, 0.5) is 10.2 Å². The fourth-order valence-electron chi connectivity index (χ4n) is 4.14. The summed E-state index contributed by atoms with van der Waals surface area (Å²) >= 11 is 0. The van der Waals surface area contributed by atoms with Crippen LogP contribution >= 0.6 is 0 Å². The predicted octanol–water partition coefficient (Wildman–Crippen LogP) is 2.49. The van der Waals surface area contributed by atoms with Crippen LogP contribution in [0.3, 0.4) is 0 Å². The van der Waals surface area contributed by atoms with Crippen LogP contribution in [0.1, 0.15) is 54.3 Å². The average Bonchev–Trinajstić information content (AvgIpc) is 3.38. The Bertz CT molecular complexity index is 1080. The van der Waals surface area contributed by atoms with Crippen LogP contribution in [0.15, 0.2) is 30.7 Å². The molecule has 0 radical (unpaired) electrons. The largest absolute Gasteiger partial charge is 0.365 e. The number of primary amides is 1. The molecule has 0 spiro atoms. The topological polar surface area (TPSA) is 101 Å². The number of amides is 1. The monoisotopic (exact) mass is 425 g/mol. The molecule has 0 aliphatic carbocycles. The highest BCUT2D eigenvalue weighted by Crippen LogP contribution is 2.37. The van der Waals surface area contributed by atoms with Crippen LogP contribution in [-0.4, -0.2) is 45.1 Å². The summed E-state index contributed by atoms with van der Waals surface area (Å²) in [6.07, 6.45) is 7.05. The Morgan fingerprint density at radius 3 is 3.00 bits per heavy atom. The number of halogens is 1. The summed E-state index contributed by atoms with van der Waals surface area (Å²) in [5.74, 6) is 0.381. The van der Waals surface area contributed by atoms with Crippen LogP contribution in [0.2, 0.25) is 0 Å². The van der Waals surface area contributed by atoms with Gasteiger partial charge in [-0.15, -0.1) is 0 Å². The van der Waals surface area contributed by atoms with Gasteiger partial charge in [-0.2, -0.15) is 5.10 Å². The summed E-state index contributed by atoms with van der Waals surface area (Å²) in [4.78, 5) is 22.9. The van der Waals surface area contributed by atoms with Crippen LogP contribution in [0.25, 0.3) is 5.65 Å². The summed E-state index contributed by atoms with van der Waals surface area (Å²) in [5, 5.41) is 7.56. The minimum Gasteiger partial charge on any atom is -0.365 e. The second-order valence-electron chi connectivity index (χ2n) is 8.37. The molecule has 31 heavy (non-hydrogen) atoms. The van der Waals surface area contributed by atoms with E-state index in [-0.39, 0.29) is 17.4 Å². The van der Waals surface area contributed by atoms with E-state index < -0.39 is 5.91 Å². The molecule has 1 aliphatic rings. The highest BCUT2D eigenvalue weighted by atomic mass is 19.1. The molecular formula is C22H28FN7O. The van der Waals surface area contributed by atoms with Crippen molar-refractivity contribution < 1.29 is 9.18 Å². The first kappa shape index (κ1) is 21.2. The molecule has 4 rings (SSSR count). The van der Waals surface area contributed by atoms with Gasteiger partial charge in [-0.25, -0.2) is 13.9 Å². The lowest BCUT2D eigenvalue weighted by Gasteiger charge is -2.27. The molecule has 8 nitrogen and oxygen atoms in total. The summed E-state index contributed by atoms with van der Waals surface area (Å²) in [5.41, 5.74) is 7.96. The number of nitrogens with zero attached hydrogens (tertiary/aromatic N) is 5. The molecule has 4 heterocycles. The Hall–Kier alpha value is -3.07. The number of rotatable bonds is 8. The SMILES string of the molecule is CC(C)CNCCc1ncc(F)cc1[C@H]1CCCN1c1ccn2ncc(C(N)=O)c2n1. The van der Waals surface area contributed by atoms with Crippen molar-refractivity contribution in [3.8, 4) is 0 Å². The minimum absolute atomic E-state index is 0.0294. The first-order valence-electron chi connectivity index (χ1n) is 10.7. The smallest absolute Gasteiger partial charge is 0.254 e. The minimum atomic E-state index is -0.567. The number of hydrogen-bond acceptors (Lipinski definition) is 6. The van der Waals surface area contributed by atoms with Crippen molar-refractivity contribution in [3.05, 3.63) is 53.4 Å². The van der Waals surface area contributed by atoms with Crippen molar-refractivity contribution in [1.29, 1.82) is 0 Å². The Labute approximate surface area is 180 Å². The van der Waals surface area contributed by atoms with Gasteiger partial charge in [0.25, 0.3) is 5.91 Å². The zero-order valence-electron chi connectivity index (χ0n) is 17.9. The fourth-order valence-corrected chi connectivity index (χ4v) is 4.14. The van der Waals surface area contributed by atoms with Gasteiger partial charge in [-0.3, -0.25) is 9.78 Å². The van der Waals surface area contributed by atoms with Crippen molar-refractivity contribution in [2.75, 3.05) is 24.5 Å². The number of pyridine rings is 1. The summed E-state index contributed by atoms with van der Waals surface area (Å²) in [7, 11) is 0. The van der Waals surface area contributed by atoms with Gasteiger partial charge in [-0.05, 0) is 43.0 Å². The van der Waals surface area contributed by atoms with E-state index in [4.69, 9.17) is 5.73 Å². The maximum atomic E-state index is 14.2. The van der Waals surface area contributed by atoms with E-state index >= 15 is 0 Å². The molecule has 0 unspecified atom stereocenters. The Morgan fingerprint density at radius 1 is 1.39 bits per heavy atom. The van der Waals surface area contributed by atoms with Gasteiger partial charge in [-0.1, -0.05) is 13.8 Å². The molecular weight excluding hydrogens is 397 g/mol. The van der Waals surface area contributed by atoms with E-state index in [9.17, 15) is 9.18 Å². The zero-order valence-corrected chi connectivity index (χ0v) is 17.9. The molecule has 3 aromatic heterocycles. The number of hydrogen-bond donors (Lipinski definition) is 2. The molecule has 3 N–H and O–H groups in total. The molecule has 1 aliphatic heterocycles. The third-order valence-electron chi connectivity index (χ3n) is 5.59. The van der Waals surface area contributed by atoms with Crippen molar-refractivity contribution in [2.45, 2.75) is 39.2 Å². The quantitative estimate of drug-likeness (QED) is 0.538. The second-order valence-corrected chi connectivity index (χ2v) is 8.37. The van der Waals surface area contributed by atoms with Gasteiger partial charge < -0.3 is 16.0 Å². The van der Waals surface area contributed by atoms with E-state index in [1.165, 1.54) is 16.9 Å². The van der Waals surface area contributed by atoms with Crippen molar-refractivity contribution >= 4 is 17.4 Å². The number of nitrogens with one attached hydrogen (secondary N) is 1. The Morgan fingerprint density at radius 2 is 2.23 bits per heavy atom. The van der Waals surface area contributed by atoms with Crippen LogP contribution < -0.4 is 16.0 Å². The lowest BCUT2D eigenvalue weighted by Crippen LogP contribution is -2.27. The van der Waals surface area contributed by atoms with E-state index in [0.29, 0.717) is 17.4 Å². The van der Waals surface area contributed by atoms with Crippen molar-refractivity contribution in [1.82, 2.24) is 24.9 Å². The number of carbonyl (C=O) groups excluding carboxylic acids is 1. The highest BCUT2D eigenvalue weighted by molar-refractivity contribution is 5.98. The highest BCUT2D eigenvalue weighted by Gasteiger charge is 2.30. The molecule has 3 aromatic rings. The van der Waals surface area contributed by atoms with Gasteiger partial charge in [0.1, 0.15) is 17.2 Å². The fraction of sp³-hybridized carbons (Fsp3) is 0.455. The number of fused-ring (bicyclic) bond motifs is 1. The van der Waals surface area contributed by atoms with Gasteiger partial charge in [0, 0.05) is 31.4 Å². The molecule has 1 saturated heterocycles. The number of anilines is 1. The van der Waals surface area contributed by atoms with E-state index in [2.05, 4.69) is 39.1 Å². The van der Waals surface area contributed by atoms with Crippen LogP contribution in [0, 0.1) is 11.7 Å². The maximum Gasteiger partial charge on any atom is 0.254 e. The summed E-state index contributed by atoms with van der Waals surface area (Å²) < 4.78 is 15.7. The third-order valence-corrected chi connectivity index (χ3v) is 5.59. The lowest BCUT2D eigenvalue weighted by molar-refractivity contribution is 0.100. The number of aromatic nitrogens is 4. The molecule has 1 fully saturated rings. The van der Waals surface area contributed by atoms with Gasteiger partial charge in [0.2, 0.25) is 0 Å². The Kier molecular flexibility index (Phi) is 6.13. The van der Waals surface area contributed by atoms with E-state index in [0.717, 1.165) is 50.2 Å². The Balaban J connectivity index is 1.63. The van der Waals surface area contributed by atoms with Crippen molar-refractivity contribution in [3.63, 3.8) is 0 Å². The lowest BCUT2D eigenvalue weighted by atomic mass is 10.0. The average molecular weight is 426 g/mol. The molecule has 1 amide bonds. The summed E-state index contributed by atoms with van der Waals surface area (Å²) in [6.45, 7) is 6.84. The molecule has 164 valence electrons. The van der Waals surface area contributed by atoms with E-state index in [1.807, 2.05) is 6.07 Å². The van der Waals surface area contributed by atoms with Gasteiger partial charge in [0.05, 0.1) is 18.4 Å². The number of nitrogens with two attached hydrogens (primary N) is 1. The third kappa shape index (κ3) is 4.51. The van der Waals surface area contributed by atoms with Crippen molar-refractivity contribution in [2.24, 2.45) is 11.7 Å². The van der Waals surface area contributed by atoms with Crippen LogP contribution in [0.5, 0.6) is 0 Å². The maximum absolute atomic E-state index is 14.2. The van der Waals surface area contributed by atoms with E-state index in [1.54, 1.807) is 12.3 Å². The molecule has 1 atom stereocenters. The predicted molar refractivity (Wildman–Crippen MR) is 116 cm³/mol. The van der Waals surface area contributed by atoms with Gasteiger partial charge >= 0.3 is 0 Å². The number of carbonyl (C=O) groups is 1. The molecule has 0 saturated carbocycles. The zero-order chi connectivity index (χ0) is 22.0. The molecule has 0 aromatic carbocycles.